The summed E-state index contributed by atoms with van der Waals surface area (Å²) in [4.78, 5) is 4.18. The Morgan fingerprint density at radius 2 is 2.13 bits per heavy atom. The monoisotopic (exact) mass is 473 g/mol. The van der Waals surface area contributed by atoms with E-state index in [1.54, 1.807) is 18.2 Å². The van der Waals surface area contributed by atoms with Crippen LogP contribution in [-0.4, -0.2) is 39.0 Å². The number of hydrogen-bond donors (Lipinski definition) is 2. The average molecular weight is 474 g/mol. The van der Waals surface area contributed by atoms with Crippen LogP contribution in [0.4, 0.5) is 5.69 Å². The predicted molar refractivity (Wildman–Crippen MR) is 105 cm³/mol. The summed E-state index contributed by atoms with van der Waals surface area (Å²) < 4.78 is 28.0. The van der Waals surface area contributed by atoms with Gasteiger partial charge in [0.1, 0.15) is 5.75 Å². The highest BCUT2D eigenvalue weighted by Gasteiger charge is 2.46. The maximum absolute atomic E-state index is 11.9. The number of sulfone groups is 1. The molecule has 0 aromatic heterocycles. The third-order valence-corrected chi connectivity index (χ3v) is 6.42. The number of ether oxygens (including phenoxy) is 1. The molecule has 23 heavy (non-hydrogen) atoms. The highest BCUT2D eigenvalue weighted by molar-refractivity contribution is 14.0. The quantitative estimate of drug-likeness (QED) is 0.390. The summed E-state index contributed by atoms with van der Waals surface area (Å²) in [5, 5.41) is 3.35. The predicted octanol–water partition coefficient (Wildman–Crippen LogP) is 2.66. The van der Waals surface area contributed by atoms with Crippen molar-refractivity contribution in [1.29, 1.82) is 0 Å². The van der Waals surface area contributed by atoms with Crippen molar-refractivity contribution < 1.29 is 13.2 Å². The van der Waals surface area contributed by atoms with Crippen LogP contribution in [-0.2, 0) is 9.84 Å². The number of guanidine groups is 1. The molecule has 0 atom stereocenters. The van der Waals surface area contributed by atoms with Crippen LogP contribution in [0.2, 0.25) is 5.02 Å². The van der Waals surface area contributed by atoms with E-state index in [0.717, 1.165) is 6.42 Å². The first-order valence-corrected chi connectivity index (χ1v) is 9.14. The number of aliphatic imine (C=N–C) groups is 1. The molecular weight excluding hydrogens is 453 g/mol. The third-order valence-electron chi connectivity index (χ3n) is 4.01. The molecule has 2 rings (SSSR count). The molecule has 0 saturated heterocycles. The summed E-state index contributed by atoms with van der Waals surface area (Å²) in [5.74, 6) is 0.726. The summed E-state index contributed by atoms with van der Waals surface area (Å²) in [6, 6.07) is 5.13. The Kier molecular flexibility index (Phi) is 6.96. The van der Waals surface area contributed by atoms with Crippen molar-refractivity contribution in [2.24, 2.45) is 10.7 Å². The largest absolute Gasteiger partial charge is 0.495 e. The highest BCUT2D eigenvalue weighted by Crippen LogP contribution is 2.39. The summed E-state index contributed by atoms with van der Waals surface area (Å²) in [5.41, 5.74) is 6.49. The molecule has 0 aliphatic heterocycles. The van der Waals surface area contributed by atoms with Gasteiger partial charge in [0.2, 0.25) is 0 Å². The molecule has 1 aliphatic carbocycles. The van der Waals surface area contributed by atoms with Crippen LogP contribution < -0.4 is 15.8 Å². The summed E-state index contributed by atoms with van der Waals surface area (Å²) in [6.45, 7) is 0.175. The fraction of sp³-hybridized carbons (Fsp3) is 0.500. The molecule has 3 N–H and O–H groups in total. The second-order valence-corrected chi connectivity index (χ2v) is 8.30. The lowest BCUT2D eigenvalue weighted by molar-refractivity contribution is 0.347. The lowest BCUT2D eigenvalue weighted by atomic mass is 9.84. The lowest BCUT2D eigenvalue weighted by Gasteiger charge is -2.38. The van der Waals surface area contributed by atoms with Crippen LogP contribution in [0.25, 0.3) is 0 Å². The van der Waals surface area contributed by atoms with Gasteiger partial charge in [0.15, 0.2) is 15.8 Å². The summed E-state index contributed by atoms with van der Waals surface area (Å²) in [6.07, 6.45) is 3.44. The van der Waals surface area contributed by atoms with Crippen LogP contribution >= 0.6 is 35.6 Å². The van der Waals surface area contributed by atoms with Crippen molar-refractivity contribution in [2.75, 3.05) is 25.2 Å². The number of nitrogens with one attached hydrogen (secondary N) is 1. The van der Waals surface area contributed by atoms with Crippen LogP contribution in [0, 0.1) is 0 Å². The Morgan fingerprint density at radius 3 is 2.57 bits per heavy atom. The average Bonchev–Trinajstić information content (AvgIpc) is 2.35. The van der Waals surface area contributed by atoms with E-state index < -0.39 is 14.6 Å². The first-order chi connectivity index (χ1) is 10.3. The van der Waals surface area contributed by atoms with Gasteiger partial charge in [0.25, 0.3) is 0 Å². The Bertz CT molecular complexity index is 691. The van der Waals surface area contributed by atoms with Gasteiger partial charge in [-0.1, -0.05) is 18.0 Å². The fourth-order valence-corrected chi connectivity index (χ4v) is 3.97. The van der Waals surface area contributed by atoms with E-state index in [9.17, 15) is 8.42 Å². The van der Waals surface area contributed by atoms with E-state index in [1.165, 1.54) is 13.4 Å². The minimum atomic E-state index is -3.14. The minimum Gasteiger partial charge on any atom is -0.495 e. The molecule has 0 bridgehead atoms. The minimum absolute atomic E-state index is 0. The second-order valence-electron chi connectivity index (χ2n) is 5.48. The Hall–Kier alpha value is -0.740. The number of nitrogens with two attached hydrogens (primary N) is 1. The topological polar surface area (TPSA) is 93.8 Å². The number of hydrogen-bond acceptors (Lipinski definition) is 4. The van der Waals surface area contributed by atoms with Gasteiger partial charge in [0.05, 0.1) is 23.4 Å². The van der Waals surface area contributed by atoms with E-state index in [0.29, 0.717) is 29.3 Å². The molecule has 1 fully saturated rings. The molecular formula is C14H21ClIN3O3S. The molecule has 6 nitrogen and oxygen atoms in total. The normalized spacial score (nSPS) is 16.9. The molecule has 0 heterocycles. The SMILES string of the molecule is COc1ccc(NC(N)=NCC2(S(C)(=O)=O)CCC2)cc1Cl.I. The maximum atomic E-state index is 11.9. The van der Waals surface area contributed by atoms with Crippen LogP contribution in [0.5, 0.6) is 5.75 Å². The molecule has 1 saturated carbocycles. The van der Waals surface area contributed by atoms with E-state index >= 15 is 0 Å². The molecule has 0 amide bonds. The third kappa shape index (κ3) is 4.63. The fourth-order valence-electron chi connectivity index (χ4n) is 2.38. The van der Waals surface area contributed by atoms with Crippen LogP contribution in [0.1, 0.15) is 19.3 Å². The molecule has 0 unspecified atom stereocenters. The Balaban J connectivity index is 0.00000264. The zero-order valence-electron chi connectivity index (χ0n) is 13.0. The molecule has 0 spiro atoms. The van der Waals surface area contributed by atoms with Gasteiger partial charge in [0, 0.05) is 11.9 Å². The molecule has 130 valence electrons. The van der Waals surface area contributed by atoms with E-state index in [-0.39, 0.29) is 36.5 Å². The van der Waals surface area contributed by atoms with Crippen molar-refractivity contribution >= 4 is 57.1 Å². The standard InChI is InChI=1S/C14H20ClN3O3S.HI/c1-21-12-5-4-10(8-11(12)15)18-13(16)17-9-14(6-3-7-14)22(2,19)20;/h4-5,8H,3,6-7,9H2,1-2H3,(H3,16,17,18);1H. The van der Waals surface area contributed by atoms with Gasteiger partial charge in [-0.3, -0.25) is 4.99 Å². The van der Waals surface area contributed by atoms with Gasteiger partial charge >= 0.3 is 0 Å². The maximum Gasteiger partial charge on any atom is 0.193 e. The zero-order valence-corrected chi connectivity index (χ0v) is 16.9. The van der Waals surface area contributed by atoms with Crippen molar-refractivity contribution in [3.63, 3.8) is 0 Å². The lowest BCUT2D eigenvalue weighted by Crippen LogP contribution is -2.48. The number of nitrogens with zero attached hydrogens (tertiary/aromatic N) is 1. The van der Waals surface area contributed by atoms with Gasteiger partial charge in [-0.2, -0.15) is 0 Å². The smallest absolute Gasteiger partial charge is 0.193 e. The number of halogens is 2. The van der Waals surface area contributed by atoms with Crippen LogP contribution in [0.3, 0.4) is 0 Å². The van der Waals surface area contributed by atoms with Gasteiger partial charge < -0.3 is 15.8 Å². The molecule has 0 radical (unpaired) electrons. The zero-order chi connectivity index (χ0) is 16.4. The van der Waals surface area contributed by atoms with Gasteiger partial charge in [-0.05, 0) is 31.0 Å². The van der Waals surface area contributed by atoms with Crippen molar-refractivity contribution in [3.05, 3.63) is 23.2 Å². The molecule has 9 heteroatoms. The molecule has 1 aromatic rings. The highest BCUT2D eigenvalue weighted by atomic mass is 127. The summed E-state index contributed by atoms with van der Waals surface area (Å²) >= 11 is 6.03. The van der Waals surface area contributed by atoms with E-state index in [1.807, 2.05) is 0 Å². The number of anilines is 1. The van der Waals surface area contributed by atoms with Crippen molar-refractivity contribution in [1.82, 2.24) is 0 Å². The van der Waals surface area contributed by atoms with E-state index in [2.05, 4.69) is 10.3 Å². The summed E-state index contributed by atoms with van der Waals surface area (Å²) in [7, 11) is -1.60. The number of methoxy groups -OCH3 is 1. The number of rotatable bonds is 5. The van der Waals surface area contributed by atoms with Crippen molar-refractivity contribution in [2.45, 2.75) is 24.0 Å². The molecule has 1 aliphatic rings. The van der Waals surface area contributed by atoms with Crippen molar-refractivity contribution in [3.8, 4) is 5.75 Å². The Morgan fingerprint density at radius 1 is 1.48 bits per heavy atom. The van der Waals surface area contributed by atoms with Crippen LogP contribution in [0.15, 0.2) is 23.2 Å². The Labute approximate surface area is 158 Å². The van der Waals surface area contributed by atoms with E-state index in [4.69, 9.17) is 22.1 Å². The number of benzene rings is 1. The first-order valence-electron chi connectivity index (χ1n) is 6.87. The molecule has 1 aromatic carbocycles. The first kappa shape index (κ1) is 20.3. The second kappa shape index (κ2) is 7.89. The van der Waals surface area contributed by atoms with Gasteiger partial charge in [-0.25, -0.2) is 8.42 Å². The van der Waals surface area contributed by atoms with Gasteiger partial charge in [-0.15, -0.1) is 24.0 Å².